The average Bonchev–Trinajstić information content (AvgIpc) is 2.84. The fraction of sp³-hybridized carbons (Fsp3) is 0.438. The van der Waals surface area contributed by atoms with Crippen LogP contribution in [0, 0.1) is 13.8 Å². The summed E-state index contributed by atoms with van der Waals surface area (Å²) in [5.41, 5.74) is 2.48. The SMILES string of the molecule is Cc1ccc(C)n1CCCC(=O)NCCNc1ncccn1. The third-order valence-electron chi connectivity index (χ3n) is 3.50. The van der Waals surface area contributed by atoms with Crippen LogP contribution >= 0.6 is 0 Å². The zero-order valence-electron chi connectivity index (χ0n) is 13.2. The Kier molecular flexibility index (Phi) is 5.94. The number of nitrogens with one attached hydrogen (secondary N) is 2. The lowest BCUT2D eigenvalue weighted by Crippen LogP contribution is -2.29. The van der Waals surface area contributed by atoms with Gasteiger partial charge in [0.1, 0.15) is 0 Å². The highest BCUT2D eigenvalue weighted by Gasteiger charge is 2.04. The van der Waals surface area contributed by atoms with Crippen molar-refractivity contribution in [1.29, 1.82) is 0 Å². The van der Waals surface area contributed by atoms with Crippen LogP contribution in [-0.4, -0.2) is 33.5 Å². The van der Waals surface area contributed by atoms with Crippen molar-refractivity contribution in [3.8, 4) is 0 Å². The smallest absolute Gasteiger partial charge is 0.222 e. The minimum Gasteiger partial charge on any atom is -0.354 e. The monoisotopic (exact) mass is 301 g/mol. The molecule has 0 atom stereocenters. The quantitative estimate of drug-likeness (QED) is 0.731. The molecule has 22 heavy (non-hydrogen) atoms. The average molecular weight is 301 g/mol. The van der Waals surface area contributed by atoms with Crippen LogP contribution in [0.3, 0.4) is 0 Å². The molecule has 0 fully saturated rings. The number of amides is 1. The van der Waals surface area contributed by atoms with Crippen molar-refractivity contribution in [2.45, 2.75) is 33.2 Å². The maximum atomic E-state index is 11.8. The summed E-state index contributed by atoms with van der Waals surface area (Å²) in [6.45, 7) is 6.24. The number of carbonyl (C=O) groups is 1. The first kappa shape index (κ1) is 16.0. The van der Waals surface area contributed by atoms with Gasteiger partial charge in [-0.2, -0.15) is 0 Å². The summed E-state index contributed by atoms with van der Waals surface area (Å²) >= 11 is 0. The van der Waals surface area contributed by atoms with E-state index in [-0.39, 0.29) is 5.91 Å². The van der Waals surface area contributed by atoms with Crippen molar-refractivity contribution in [2.75, 3.05) is 18.4 Å². The third-order valence-corrected chi connectivity index (χ3v) is 3.50. The van der Waals surface area contributed by atoms with Crippen LogP contribution in [0.1, 0.15) is 24.2 Å². The van der Waals surface area contributed by atoms with Crippen LogP contribution in [0.25, 0.3) is 0 Å². The van der Waals surface area contributed by atoms with Crippen LogP contribution in [0.4, 0.5) is 5.95 Å². The largest absolute Gasteiger partial charge is 0.354 e. The van der Waals surface area contributed by atoms with Crippen LogP contribution in [0.2, 0.25) is 0 Å². The third kappa shape index (κ3) is 4.87. The van der Waals surface area contributed by atoms with Gasteiger partial charge in [0, 0.05) is 49.8 Å². The number of aryl methyl sites for hydroxylation is 2. The lowest BCUT2D eigenvalue weighted by Gasteiger charge is -2.09. The number of hydrogen-bond acceptors (Lipinski definition) is 4. The molecule has 0 saturated heterocycles. The molecule has 1 amide bonds. The highest BCUT2D eigenvalue weighted by molar-refractivity contribution is 5.75. The second-order valence-electron chi connectivity index (χ2n) is 5.22. The highest BCUT2D eigenvalue weighted by Crippen LogP contribution is 2.08. The molecule has 6 nitrogen and oxygen atoms in total. The van der Waals surface area contributed by atoms with E-state index in [2.05, 4.69) is 51.1 Å². The van der Waals surface area contributed by atoms with Crippen molar-refractivity contribution >= 4 is 11.9 Å². The molecule has 0 aliphatic rings. The lowest BCUT2D eigenvalue weighted by atomic mass is 10.3. The standard InChI is InChI=1S/C16H23N5O/c1-13-6-7-14(2)21(13)12-3-5-15(22)17-10-11-20-16-18-8-4-9-19-16/h4,6-9H,3,5,10-12H2,1-2H3,(H,17,22)(H,18,19,20). The van der Waals surface area contributed by atoms with E-state index in [1.165, 1.54) is 11.4 Å². The van der Waals surface area contributed by atoms with Gasteiger partial charge < -0.3 is 15.2 Å². The van der Waals surface area contributed by atoms with E-state index in [1.54, 1.807) is 18.5 Å². The van der Waals surface area contributed by atoms with Crippen LogP contribution < -0.4 is 10.6 Å². The van der Waals surface area contributed by atoms with Gasteiger partial charge in [0.2, 0.25) is 11.9 Å². The molecule has 2 aromatic rings. The van der Waals surface area contributed by atoms with Crippen LogP contribution in [-0.2, 0) is 11.3 Å². The number of aromatic nitrogens is 3. The number of nitrogens with zero attached hydrogens (tertiary/aromatic N) is 3. The minimum absolute atomic E-state index is 0.0817. The second kappa shape index (κ2) is 8.17. The molecule has 0 saturated carbocycles. The summed E-state index contributed by atoms with van der Waals surface area (Å²) in [5.74, 6) is 0.661. The summed E-state index contributed by atoms with van der Waals surface area (Å²) in [6, 6.07) is 5.97. The van der Waals surface area contributed by atoms with Gasteiger partial charge in [-0.05, 0) is 38.5 Å². The first-order valence-electron chi connectivity index (χ1n) is 7.57. The Morgan fingerprint density at radius 3 is 2.50 bits per heavy atom. The first-order chi connectivity index (χ1) is 10.7. The van der Waals surface area contributed by atoms with E-state index in [1.807, 2.05) is 0 Å². The van der Waals surface area contributed by atoms with Gasteiger partial charge in [-0.3, -0.25) is 4.79 Å². The normalized spacial score (nSPS) is 10.5. The van der Waals surface area contributed by atoms with Gasteiger partial charge in [0.25, 0.3) is 0 Å². The van der Waals surface area contributed by atoms with E-state index >= 15 is 0 Å². The molecule has 0 aromatic carbocycles. The van der Waals surface area contributed by atoms with Gasteiger partial charge in [0.05, 0.1) is 0 Å². The zero-order chi connectivity index (χ0) is 15.8. The van der Waals surface area contributed by atoms with Crippen molar-refractivity contribution in [3.63, 3.8) is 0 Å². The summed E-state index contributed by atoms with van der Waals surface area (Å²) in [7, 11) is 0. The van der Waals surface area contributed by atoms with Gasteiger partial charge in [-0.15, -0.1) is 0 Å². The lowest BCUT2D eigenvalue weighted by molar-refractivity contribution is -0.121. The highest BCUT2D eigenvalue weighted by atomic mass is 16.1. The van der Waals surface area contributed by atoms with Gasteiger partial charge in [-0.1, -0.05) is 0 Å². The second-order valence-corrected chi connectivity index (χ2v) is 5.22. The van der Waals surface area contributed by atoms with Crippen LogP contribution in [0.15, 0.2) is 30.6 Å². The predicted octanol–water partition coefficient (Wildman–Crippen LogP) is 1.90. The molecule has 0 bridgehead atoms. The Balaban J connectivity index is 1.58. The van der Waals surface area contributed by atoms with E-state index in [0.29, 0.717) is 25.5 Å². The van der Waals surface area contributed by atoms with Gasteiger partial charge in [-0.25, -0.2) is 9.97 Å². The molecule has 6 heteroatoms. The Morgan fingerprint density at radius 1 is 1.14 bits per heavy atom. The van der Waals surface area contributed by atoms with E-state index < -0.39 is 0 Å². The fourth-order valence-electron chi connectivity index (χ4n) is 2.30. The molecule has 2 heterocycles. The first-order valence-corrected chi connectivity index (χ1v) is 7.57. The molecule has 0 unspecified atom stereocenters. The minimum atomic E-state index is 0.0817. The summed E-state index contributed by atoms with van der Waals surface area (Å²) < 4.78 is 2.24. The maximum Gasteiger partial charge on any atom is 0.222 e. The Morgan fingerprint density at radius 2 is 1.82 bits per heavy atom. The van der Waals surface area contributed by atoms with Crippen LogP contribution in [0.5, 0.6) is 0 Å². The summed E-state index contributed by atoms with van der Waals surface area (Å²) in [6.07, 6.45) is 4.74. The molecule has 2 rings (SSSR count). The number of carbonyl (C=O) groups excluding carboxylic acids is 1. The molecular formula is C16H23N5O. The Bertz CT molecular complexity index is 574. The Labute approximate surface area is 131 Å². The molecule has 118 valence electrons. The summed E-state index contributed by atoms with van der Waals surface area (Å²) in [4.78, 5) is 19.9. The molecule has 2 N–H and O–H groups in total. The fourth-order valence-corrected chi connectivity index (χ4v) is 2.30. The number of rotatable bonds is 8. The molecule has 2 aromatic heterocycles. The number of anilines is 1. The van der Waals surface area contributed by atoms with Gasteiger partial charge >= 0.3 is 0 Å². The molecule has 0 spiro atoms. The van der Waals surface area contributed by atoms with E-state index in [4.69, 9.17) is 0 Å². The van der Waals surface area contributed by atoms with Crippen molar-refractivity contribution in [2.24, 2.45) is 0 Å². The maximum absolute atomic E-state index is 11.8. The molecular weight excluding hydrogens is 278 g/mol. The Hall–Kier alpha value is -2.37. The van der Waals surface area contributed by atoms with Crippen molar-refractivity contribution in [3.05, 3.63) is 42.0 Å². The van der Waals surface area contributed by atoms with Crippen molar-refractivity contribution in [1.82, 2.24) is 19.9 Å². The predicted molar refractivity (Wildman–Crippen MR) is 86.7 cm³/mol. The van der Waals surface area contributed by atoms with E-state index in [9.17, 15) is 4.79 Å². The van der Waals surface area contributed by atoms with Crippen molar-refractivity contribution < 1.29 is 4.79 Å². The summed E-state index contributed by atoms with van der Waals surface area (Å²) in [5, 5.41) is 5.95. The van der Waals surface area contributed by atoms with Gasteiger partial charge in [0.15, 0.2) is 0 Å². The molecule has 0 aliphatic carbocycles. The topological polar surface area (TPSA) is 71.8 Å². The molecule has 0 radical (unpaired) electrons. The zero-order valence-corrected chi connectivity index (χ0v) is 13.2. The number of hydrogen-bond donors (Lipinski definition) is 2. The molecule has 0 aliphatic heterocycles. The van der Waals surface area contributed by atoms with E-state index in [0.717, 1.165) is 13.0 Å².